The number of nitrogens with zero attached hydrogens (tertiary/aromatic N) is 2. The van der Waals surface area contributed by atoms with Gasteiger partial charge < -0.3 is 19.5 Å². The number of methoxy groups -OCH3 is 2. The third-order valence-corrected chi connectivity index (χ3v) is 5.05. The van der Waals surface area contributed by atoms with Crippen molar-refractivity contribution >= 4 is 23.4 Å². The number of carbonyl (C=O) groups excluding carboxylic acids is 1. The van der Waals surface area contributed by atoms with Crippen LogP contribution in [0.1, 0.15) is 6.92 Å². The lowest BCUT2D eigenvalue weighted by atomic mass is 10.1. The average Bonchev–Trinajstić information content (AvgIpc) is 2.79. The van der Waals surface area contributed by atoms with Gasteiger partial charge in [0.2, 0.25) is 5.91 Å². The molecule has 0 aliphatic carbocycles. The zero-order chi connectivity index (χ0) is 21.3. The summed E-state index contributed by atoms with van der Waals surface area (Å²) < 4.78 is 15.9. The fraction of sp³-hybridized carbons (Fsp3) is 0.227. The highest BCUT2D eigenvalue weighted by atomic mass is 32.2. The molecule has 0 radical (unpaired) electrons. The molecule has 1 heterocycles. The van der Waals surface area contributed by atoms with Crippen LogP contribution >= 0.6 is 11.8 Å². The first-order valence-electron chi connectivity index (χ1n) is 9.34. The Kier molecular flexibility index (Phi) is 7.51. The van der Waals surface area contributed by atoms with E-state index in [2.05, 4.69) is 15.5 Å². The number of aromatic nitrogens is 2. The van der Waals surface area contributed by atoms with E-state index in [1.807, 2.05) is 43.3 Å². The molecule has 7 nitrogen and oxygen atoms in total. The van der Waals surface area contributed by atoms with E-state index in [1.165, 1.54) is 11.8 Å². The highest BCUT2D eigenvalue weighted by Gasteiger charge is 2.11. The highest BCUT2D eigenvalue weighted by molar-refractivity contribution is 7.99. The number of nitrogens with one attached hydrogen (secondary N) is 1. The molecule has 0 bridgehead atoms. The summed E-state index contributed by atoms with van der Waals surface area (Å²) in [5.74, 6) is 2.03. The first-order chi connectivity index (χ1) is 14.6. The minimum Gasteiger partial charge on any atom is -0.497 e. The number of anilines is 1. The van der Waals surface area contributed by atoms with Crippen molar-refractivity contribution in [1.82, 2.24) is 10.2 Å². The SMILES string of the molecule is CCOc1ccc(-c2ccc(SCC(=O)Nc3cc(OC)ccc3OC)nn2)cc1. The molecule has 156 valence electrons. The Bertz CT molecular complexity index is 979. The first-order valence-corrected chi connectivity index (χ1v) is 10.3. The molecular weight excluding hydrogens is 402 g/mol. The Morgan fingerprint density at radius 3 is 2.37 bits per heavy atom. The summed E-state index contributed by atoms with van der Waals surface area (Å²) in [5, 5.41) is 12.0. The molecular formula is C22H23N3O4S. The van der Waals surface area contributed by atoms with Gasteiger partial charge in [-0.05, 0) is 55.5 Å². The Morgan fingerprint density at radius 1 is 0.967 bits per heavy atom. The lowest BCUT2D eigenvalue weighted by Gasteiger charge is -2.11. The van der Waals surface area contributed by atoms with Gasteiger partial charge >= 0.3 is 0 Å². The van der Waals surface area contributed by atoms with Crippen molar-refractivity contribution in [1.29, 1.82) is 0 Å². The molecule has 3 rings (SSSR count). The van der Waals surface area contributed by atoms with E-state index in [1.54, 1.807) is 32.4 Å². The summed E-state index contributed by atoms with van der Waals surface area (Å²) in [6.45, 7) is 2.58. The number of carbonyl (C=O) groups is 1. The summed E-state index contributed by atoms with van der Waals surface area (Å²) in [6.07, 6.45) is 0. The summed E-state index contributed by atoms with van der Waals surface area (Å²) in [5.41, 5.74) is 2.26. The molecule has 1 aromatic heterocycles. The lowest BCUT2D eigenvalue weighted by Crippen LogP contribution is -2.15. The van der Waals surface area contributed by atoms with Crippen LogP contribution in [-0.4, -0.2) is 42.7 Å². The smallest absolute Gasteiger partial charge is 0.234 e. The second kappa shape index (κ2) is 10.5. The predicted octanol–water partition coefficient (Wildman–Crippen LogP) is 4.29. The minimum atomic E-state index is -0.177. The van der Waals surface area contributed by atoms with Crippen LogP contribution < -0.4 is 19.5 Å². The molecule has 0 atom stereocenters. The van der Waals surface area contributed by atoms with E-state index in [4.69, 9.17) is 14.2 Å². The molecule has 0 saturated heterocycles. The van der Waals surface area contributed by atoms with Gasteiger partial charge in [-0.1, -0.05) is 11.8 Å². The molecule has 0 spiro atoms. The van der Waals surface area contributed by atoms with Crippen LogP contribution in [0, 0.1) is 0 Å². The molecule has 30 heavy (non-hydrogen) atoms. The van der Waals surface area contributed by atoms with Crippen LogP contribution in [-0.2, 0) is 4.79 Å². The Morgan fingerprint density at radius 2 is 1.73 bits per heavy atom. The molecule has 3 aromatic rings. The maximum absolute atomic E-state index is 12.3. The third kappa shape index (κ3) is 5.64. The van der Waals surface area contributed by atoms with Gasteiger partial charge in [0.25, 0.3) is 0 Å². The van der Waals surface area contributed by atoms with Crippen molar-refractivity contribution in [2.75, 3.05) is 31.9 Å². The standard InChI is InChI=1S/C22H23N3O4S/c1-4-29-16-7-5-15(6-8-16)18-10-12-22(25-24-18)30-14-21(26)23-19-13-17(27-2)9-11-20(19)28-3/h5-13H,4,14H2,1-3H3,(H,23,26). The molecule has 0 unspecified atom stereocenters. The quantitative estimate of drug-likeness (QED) is 0.512. The number of hydrogen-bond acceptors (Lipinski definition) is 7. The average molecular weight is 426 g/mol. The fourth-order valence-corrected chi connectivity index (χ4v) is 3.29. The number of hydrogen-bond donors (Lipinski definition) is 1. The first kappa shape index (κ1) is 21.4. The Hall–Kier alpha value is -3.26. The predicted molar refractivity (Wildman–Crippen MR) is 118 cm³/mol. The van der Waals surface area contributed by atoms with Gasteiger partial charge in [0, 0.05) is 11.6 Å². The van der Waals surface area contributed by atoms with Crippen LogP contribution in [0.5, 0.6) is 17.2 Å². The van der Waals surface area contributed by atoms with Gasteiger partial charge in [0.15, 0.2) is 0 Å². The largest absolute Gasteiger partial charge is 0.497 e. The van der Waals surface area contributed by atoms with Crippen molar-refractivity contribution in [2.45, 2.75) is 11.9 Å². The number of amides is 1. The van der Waals surface area contributed by atoms with Crippen LogP contribution in [0.25, 0.3) is 11.3 Å². The van der Waals surface area contributed by atoms with E-state index in [0.717, 1.165) is 17.0 Å². The molecule has 0 aliphatic rings. The summed E-state index contributed by atoms with van der Waals surface area (Å²) >= 11 is 1.31. The summed E-state index contributed by atoms with van der Waals surface area (Å²) in [6, 6.07) is 16.6. The van der Waals surface area contributed by atoms with Gasteiger partial charge in [0.05, 0.1) is 38.0 Å². The summed E-state index contributed by atoms with van der Waals surface area (Å²) in [4.78, 5) is 12.3. The molecule has 0 fully saturated rings. The zero-order valence-corrected chi connectivity index (χ0v) is 17.9. The van der Waals surface area contributed by atoms with Crippen LogP contribution in [0.2, 0.25) is 0 Å². The maximum atomic E-state index is 12.3. The third-order valence-electron chi connectivity index (χ3n) is 4.13. The number of ether oxygens (including phenoxy) is 3. The lowest BCUT2D eigenvalue weighted by molar-refractivity contribution is -0.113. The van der Waals surface area contributed by atoms with Crippen molar-refractivity contribution in [3.63, 3.8) is 0 Å². The Labute approximate surface area is 179 Å². The molecule has 2 aromatic carbocycles. The second-order valence-corrected chi connectivity index (χ2v) is 7.11. The van der Waals surface area contributed by atoms with E-state index in [-0.39, 0.29) is 11.7 Å². The minimum absolute atomic E-state index is 0.177. The second-order valence-electron chi connectivity index (χ2n) is 6.12. The molecule has 1 amide bonds. The van der Waals surface area contributed by atoms with Crippen molar-refractivity contribution in [3.05, 3.63) is 54.6 Å². The fourth-order valence-electron chi connectivity index (χ4n) is 2.68. The van der Waals surface area contributed by atoms with Crippen LogP contribution in [0.4, 0.5) is 5.69 Å². The molecule has 0 saturated carbocycles. The highest BCUT2D eigenvalue weighted by Crippen LogP contribution is 2.29. The maximum Gasteiger partial charge on any atom is 0.234 e. The Balaban J connectivity index is 1.58. The summed E-state index contributed by atoms with van der Waals surface area (Å²) in [7, 11) is 3.12. The van der Waals surface area contributed by atoms with Gasteiger partial charge in [0.1, 0.15) is 22.3 Å². The van der Waals surface area contributed by atoms with Gasteiger partial charge in [-0.3, -0.25) is 4.79 Å². The normalized spacial score (nSPS) is 10.4. The number of benzene rings is 2. The monoisotopic (exact) mass is 425 g/mol. The number of rotatable bonds is 9. The number of thioether (sulfide) groups is 1. The molecule has 0 aliphatic heterocycles. The van der Waals surface area contributed by atoms with Gasteiger partial charge in [-0.2, -0.15) is 0 Å². The van der Waals surface area contributed by atoms with E-state index in [0.29, 0.717) is 28.8 Å². The topological polar surface area (TPSA) is 82.6 Å². The van der Waals surface area contributed by atoms with Crippen LogP contribution in [0.3, 0.4) is 0 Å². The van der Waals surface area contributed by atoms with Crippen LogP contribution in [0.15, 0.2) is 59.6 Å². The van der Waals surface area contributed by atoms with Gasteiger partial charge in [-0.15, -0.1) is 10.2 Å². The van der Waals surface area contributed by atoms with Crippen molar-refractivity contribution in [2.24, 2.45) is 0 Å². The zero-order valence-electron chi connectivity index (χ0n) is 17.0. The van der Waals surface area contributed by atoms with E-state index < -0.39 is 0 Å². The van der Waals surface area contributed by atoms with Crippen molar-refractivity contribution < 1.29 is 19.0 Å². The van der Waals surface area contributed by atoms with Gasteiger partial charge in [-0.25, -0.2) is 0 Å². The molecule has 8 heteroatoms. The van der Waals surface area contributed by atoms with Crippen molar-refractivity contribution in [3.8, 4) is 28.5 Å². The molecule has 1 N–H and O–H groups in total. The van der Waals surface area contributed by atoms with E-state index in [9.17, 15) is 4.79 Å². The van der Waals surface area contributed by atoms with E-state index >= 15 is 0 Å².